The third kappa shape index (κ3) is 9.99. The molecule has 2 heterocycles. The van der Waals surface area contributed by atoms with Gasteiger partial charge in [0, 0.05) is 37.6 Å². The van der Waals surface area contributed by atoms with E-state index >= 15 is 0 Å². The van der Waals surface area contributed by atoms with Gasteiger partial charge in [0.1, 0.15) is 5.75 Å². The van der Waals surface area contributed by atoms with E-state index in [-0.39, 0.29) is 11.9 Å². The highest BCUT2D eigenvalue weighted by atomic mass is 16.5. The number of nitrogens with one attached hydrogen (secondary N) is 3. The van der Waals surface area contributed by atoms with Gasteiger partial charge in [0.15, 0.2) is 0 Å². The van der Waals surface area contributed by atoms with E-state index in [0.29, 0.717) is 69.3 Å². The largest absolute Gasteiger partial charge is 0.424 e. The Kier molecular flexibility index (Phi) is 11.0. The van der Waals surface area contributed by atoms with Crippen LogP contribution in [0.5, 0.6) is 11.8 Å². The predicted octanol–water partition coefficient (Wildman–Crippen LogP) is 3.55. The quantitative estimate of drug-likeness (QED) is 0.185. The third-order valence-corrected chi connectivity index (χ3v) is 5.24. The maximum Gasteiger partial charge on any atom is 0.328 e. The van der Waals surface area contributed by atoms with E-state index in [2.05, 4.69) is 35.9 Å². The van der Waals surface area contributed by atoms with Crippen LogP contribution in [0.15, 0.2) is 85.2 Å². The Morgan fingerprint density at radius 1 is 0.692 bits per heavy atom. The van der Waals surface area contributed by atoms with Gasteiger partial charge in [-0.25, -0.2) is 0 Å². The summed E-state index contributed by atoms with van der Waals surface area (Å²) < 4.78 is 16.9. The summed E-state index contributed by atoms with van der Waals surface area (Å²) in [6.45, 7) is 3.11. The fourth-order valence-electron chi connectivity index (χ4n) is 3.32. The van der Waals surface area contributed by atoms with Gasteiger partial charge >= 0.3 is 6.01 Å². The fraction of sp³-hybridized carbons (Fsp3) is 0.250. The molecule has 39 heavy (non-hydrogen) atoms. The molecule has 0 aliphatic carbocycles. The van der Waals surface area contributed by atoms with Crippen molar-refractivity contribution in [1.29, 1.82) is 0 Å². The molecule has 0 aliphatic heterocycles. The molecule has 11 nitrogen and oxygen atoms in total. The molecule has 1 amide bonds. The van der Waals surface area contributed by atoms with Crippen molar-refractivity contribution in [1.82, 2.24) is 25.3 Å². The first-order chi connectivity index (χ1) is 19.3. The zero-order valence-electron chi connectivity index (χ0n) is 21.5. The van der Waals surface area contributed by atoms with Crippen LogP contribution in [-0.4, -0.2) is 65.4 Å². The van der Waals surface area contributed by atoms with E-state index < -0.39 is 0 Å². The molecule has 202 valence electrons. The van der Waals surface area contributed by atoms with Gasteiger partial charge in [-0.1, -0.05) is 36.4 Å². The minimum Gasteiger partial charge on any atom is -0.424 e. The summed E-state index contributed by atoms with van der Waals surface area (Å²) in [4.78, 5) is 29.2. The van der Waals surface area contributed by atoms with Gasteiger partial charge in [-0.05, 0) is 42.0 Å². The van der Waals surface area contributed by atoms with Crippen LogP contribution in [0.3, 0.4) is 0 Å². The molecule has 0 aliphatic rings. The van der Waals surface area contributed by atoms with E-state index in [0.717, 1.165) is 5.56 Å². The summed E-state index contributed by atoms with van der Waals surface area (Å²) in [7, 11) is 0. The van der Waals surface area contributed by atoms with Gasteiger partial charge in [0.05, 0.1) is 26.4 Å². The van der Waals surface area contributed by atoms with E-state index in [9.17, 15) is 4.79 Å². The van der Waals surface area contributed by atoms with Crippen molar-refractivity contribution in [2.75, 3.05) is 50.2 Å². The summed E-state index contributed by atoms with van der Waals surface area (Å²) in [5.41, 5.74) is 1.67. The summed E-state index contributed by atoms with van der Waals surface area (Å²) in [6.07, 6.45) is 3.46. The normalized spacial score (nSPS) is 10.6. The summed E-state index contributed by atoms with van der Waals surface area (Å²) in [6, 6.07) is 22.4. The minimum atomic E-state index is -0.118. The molecule has 0 atom stereocenters. The molecule has 11 heteroatoms. The average Bonchev–Trinajstić information content (AvgIpc) is 2.98. The number of hydrogen-bond acceptors (Lipinski definition) is 10. The average molecular weight is 530 g/mol. The number of anilines is 2. The highest BCUT2D eigenvalue weighted by Gasteiger charge is 2.09. The van der Waals surface area contributed by atoms with Gasteiger partial charge in [-0.15, -0.1) is 0 Å². The first-order valence-electron chi connectivity index (χ1n) is 12.6. The molecule has 0 fully saturated rings. The maximum atomic E-state index is 12.0. The Morgan fingerprint density at radius 3 is 2.05 bits per heavy atom. The standard InChI is InChI=1S/C28H31N7O4/c36-25(23-7-3-1-4-8-23)30-15-17-37-19-20-38-18-16-31-26-33-27(32-21-22-11-13-29-14-12-22)35-28(34-26)39-24-9-5-2-6-10-24/h1-14H,15-21H2,(H,30,36)(H2,31,32,33,34,35). The molecule has 0 spiro atoms. The number of amides is 1. The van der Waals surface area contributed by atoms with Crippen molar-refractivity contribution >= 4 is 17.8 Å². The van der Waals surface area contributed by atoms with Crippen molar-refractivity contribution in [2.24, 2.45) is 0 Å². The lowest BCUT2D eigenvalue weighted by atomic mass is 10.2. The minimum absolute atomic E-state index is 0.118. The Hall–Kier alpha value is -4.61. The van der Waals surface area contributed by atoms with Crippen LogP contribution >= 0.6 is 0 Å². The van der Waals surface area contributed by atoms with E-state index in [4.69, 9.17) is 14.2 Å². The van der Waals surface area contributed by atoms with Crippen LogP contribution in [0.4, 0.5) is 11.9 Å². The topological polar surface area (TPSA) is 132 Å². The Labute approximate surface area is 227 Å². The Morgan fingerprint density at radius 2 is 1.33 bits per heavy atom. The van der Waals surface area contributed by atoms with Gasteiger partial charge in [0.25, 0.3) is 5.91 Å². The molecule has 2 aromatic carbocycles. The zero-order chi connectivity index (χ0) is 27.0. The molecule has 3 N–H and O–H groups in total. The van der Waals surface area contributed by atoms with Crippen molar-refractivity contribution in [3.05, 3.63) is 96.3 Å². The lowest BCUT2D eigenvalue weighted by Crippen LogP contribution is -2.27. The molecule has 0 saturated heterocycles. The van der Waals surface area contributed by atoms with Crippen molar-refractivity contribution in [2.45, 2.75) is 6.54 Å². The second-order valence-electron chi connectivity index (χ2n) is 8.16. The molecular weight excluding hydrogens is 498 g/mol. The number of benzene rings is 2. The van der Waals surface area contributed by atoms with Crippen LogP contribution in [0.2, 0.25) is 0 Å². The van der Waals surface area contributed by atoms with Crippen LogP contribution in [0.25, 0.3) is 0 Å². The van der Waals surface area contributed by atoms with E-state index in [1.165, 1.54) is 0 Å². The summed E-state index contributed by atoms with van der Waals surface area (Å²) in [5, 5.41) is 9.16. The van der Waals surface area contributed by atoms with Crippen molar-refractivity contribution in [3.8, 4) is 11.8 Å². The van der Waals surface area contributed by atoms with Crippen molar-refractivity contribution in [3.63, 3.8) is 0 Å². The van der Waals surface area contributed by atoms with Gasteiger partial charge in [0.2, 0.25) is 11.9 Å². The number of hydrogen-bond donors (Lipinski definition) is 3. The molecule has 0 radical (unpaired) electrons. The Bertz CT molecular complexity index is 1260. The van der Waals surface area contributed by atoms with Crippen LogP contribution < -0.4 is 20.7 Å². The van der Waals surface area contributed by atoms with Crippen molar-refractivity contribution < 1.29 is 19.0 Å². The molecule has 0 bridgehead atoms. The Balaban J connectivity index is 1.16. The van der Waals surface area contributed by atoms with E-state index in [1.807, 2.05) is 60.7 Å². The molecule has 4 rings (SSSR count). The number of carbonyl (C=O) groups is 1. The number of para-hydroxylation sites is 1. The number of ether oxygens (including phenoxy) is 3. The van der Waals surface area contributed by atoms with Crippen LogP contribution in [0.1, 0.15) is 15.9 Å². The number of rotatable bonds is 16. The molecule has 0 saturated carbocycles. The fourth-order valence-corrected chi connectivity index (χ4v) is 3.32. The summed E-state index contributed by atoms with van der Waals surface area (Å²) >= 11 is 0. The third-order valence-electron chi connectivity index (χ3n) is 5.24. The lowest BCUT2D eigenvalue weighted by molar-refractivity contribution is 0.0519. The van der Waals surface area contributed by atoms with Crippen LogP contribution in [-0.2, 0) is 16.0 Å². The molecule has 2 aromatic heterocycles. The number of aromatic nitrogens is 4. The van der Waals surface area contributed by atoms with Gasteiger partial charge < -0.3 is 30.2 Å². The predicted molar refractivity (Wildman–Crippen MR) is 147 cm³/mol. The van der Waals surface area contributed by atoms with Gasteiger partial charge in [-0.2, -0.15) is 15.0 Å². The highest BCUT2D eigenvalue weighted by molar-refractivity contribution is 5.94. The van der Waals surface area contributed by atoms with E-state index in [1.54, 1.807) is 24.5 Å². The summed E-state index contributed by atoms with van der Waals surface area (Å²) in [5.74, 6) is 1.25. The number of carbonyl (C=O) groups excluding carboxylic acids is 1. The zero-order valence-corrected chi connectivity index (χ0v) is 21.5. The lowest BCUT2D eigenvalue weighted by Gasteiger charge is -2.11. The maximum absolute atomic E-state index is 12.0. The smallest absolute Gasteiger partial charge is 0.328 e. The molecule has 0 unspecified atom stereocenters. The number of nitrogens with zero attached hydrogens (tertiary/aromatic N) is 4. The van der Waals surface area contributed by atoms with Gasteiger partial charge in [-0.3, -0.25) is 9.78 Å². The second kappa shape index (κ2) is 15.6. The first kappa shape index (κ1) is 27.4. The van der Waals surface area contributed by atoms with Crippen LogP contribution in [0, 0.1) is 0 Å². The molecule has 4 aromatic rings. The number of pyridine rings is 1. The SMILES string of the molecule is O=C(NCCOCCOCCNc1nc(NCc2ccncc2)nc(Oc2ccccc2)n1)c1ccccc1. The first-order valence-corrected chi connectivity index (χ1v) is 12.6. The molecular formula is C28H31N7O4. The highest BCUT2D eigenvalue weighted by Crippen LogP contribution is 2.19. The second-order valence-corrected chi connectivity index (χ2v) is 8.16. The monoisotopic (exact) mass is 529 g/mol.